The summed E-state index contributed by atoms with van der Waals surface area (Å²) >= 11 is 0. The van der Waals surface area contributed by atoms with Crippen molar-refractivity contribution in [3.05, 3.63) is 101 Å². The van der Waals surface area contributed by atoms with Crippen LogP contribution in [0.2, 0.25) is 0 Å². The molecule has 0 saturated carbocycles. The zero-order valence-corrected chi connectivity index (χ0v) is 15.7. The molecule has 1 aliphatic rings. The number of phenolic OH excluding ortho intramolecular Hbond substituents is 1. The number of carbonyl (C=O) groups excluding carboxylic acids is 2. The smallest absolute Gasteiger partial charge is 0.300 e. The average molecular weight is 385 g/mol. The number of anilines is 1. The molecule has 2 N–H and O–H groups in total. The van der Waals surface area contributed by atoms with Crippen molar-refractivity contribution >= 4 is 23.1 Å². The highest BCUT2D eigenvalue weighted by atomic mass is 16.3. The van der Waals surface area contributed by atoms with Gasteiger partial charge in [0, 0.05) is 11.3 Å². The van der Waals surface area contributed by atoms with Crippen molar-refractivity contribution in [2.75, 3.05) is 4.90 Å². The fourth-order valence-corrected chi connectivity index (χ4v) is 3.53. The van der Waals surface area contributed by atoms with E-state index in [2.05, 4.69) is 0 Å². The molecule has 0 aromatic heterocycles. The molecule has 1 amide bonds. The number of benzene rings is 3. The Morgan fingerprint density at radius 2 is 1.48 bits per heavy atom. The van der Waals surface area contributed by atoms with Crippen molar-refractivity contribution in [3.8, 4) is 5.75 Å². The Bertz CT molecular complexity index is 1100. The van der Waals surface area contributed by atoms with E-state index in [1.165, 1.54) is 17.0 Å². The Kier molecular flexibility index (Phi) is 4.64. The number of carbonyl (C=O) groups is 2. The molecule has 3 aromatic carbocycles. The third-order valence-electron chi connectivity index (χ3n) is 5.01. The van der Waals surface area contributed by atoms with Gasteiger partial charge in [-0.15, -0.1) is 0 Å². The van der Waals surface area contributed by atoms with E-state index in [9.17, 15) is 19.8 Å². The summed E-state index contributed by atoms with van der Waals surface area (Å²) in [5.74, 6) is -1.62. The number of phenols is 1. The van der Waals surface area contributed by atoms with E-state index in [-0.39, 0.29) is 17.1 Å². The van der Waals surface area contributed by atoms with E-state index in [4.69, 9.17) is 0 Å². The summed E-state index contributed by atoms with van der Waals surface area (Å²) in [4.78, 5) is 27.3. The van der Waals surface area contributed by atoms with Crippen LogP contribution >= 0.6 is 0 Å². The molecule has 3 aromatic rings. The molecule has 0 bridgehead atoms. The highest BCUT2D eigenvalue weighted by Gasteiger charge is 2.46. The van der Waals surface area contributed by atoms with Crippen LogP contribution in [-0.2, 0) is 9.59 Å². The minimum absolute atomic E-state index is 0.0399. The third-order valence-corrected chi connectivity index (χ3v) is 5.01. The van der Waals surface area contributed by atoms with Crippen LogP contribution in [-0.4, -0.2) is 21.9 Å². The van der Waals surface area contributed by atoms with Crippen LogP contribution in [0.3, 0.4) is 0 Å². The van der Waals surface area contributed by atoms with E-state index in [0.717, 1.165) is 5.56 Å². The van der Waals surface area contributed by atoms with Gasteiger partial charge in [0.1, 0.15) is 11.5 Å². The molecule has 5 nitrogen and oxygen atoms in total. The van der Waals surface area contributed by atoms with Crippen LogP contribution < -0.4 is 4.90 Å². The van der Waals surface area contributed by atoms with E-state index in [1.54, 1.807) is 36.4 Å². The van der Waals surface area contributed by atoms with Gasteiger partial charge in [-0.25, -0.2) is 0 Å². The van der Waals surface area contributed by atoms with Crippen molar-refractivity contribution in [3.63, 3.8) is 0 Å². The predicted molar refractivity (Wildman–Crippen MR) is 111 cm³/mol. The van der Waals surface area contributed by atoms with Crippen LogP contribution in [0.25, 0.3) is 5.76 Å². The number of amides is 1. The van der Waals surface area contributed by atoms with Crippen molar-refractivity contribution in [2.24, 2.45) is 0 Å². The van der Waals surface area contributed by atoms with E-state index < -0.39 is 17.7 Å². The van der Waals surface area contributed by atoms with E-state index in [0.29, 0.717) is 16.8 Å². The SMILES string of the molecule is Cc1ccc([C@@H]2/C(=C(\O)c3ccccc3)C(=O)C(=O)N2c2ccc(O)cc2)cc1. The number of ketones is 1. The molecule has 0 unspecified atom stereocenters. The lowest BCUT2D eigenvalue weighted by Gasteiger charge is -2.25. The first-order valence-corrected chi connectivity index (χ1v) is 9.19. The van der Waals surface area contributed by atoms with Gasteiger partial charge in [-0.1, -0.05) is 60.2 Å². The molecule has 5 heteroatoms. The zero-order valence-electron chi connectivity index (χ0n) is 15.7. The molecule has 1 saturated heterocycles. The molecule has 144 valence electrons. The fourth-order valence-electron chi connectivity index (χ4n) is 3.53. The third kappa shape index (κ3) is 3.27. The van der Waals surface area contributed by atoms with Gasteiger partial charge in [0.05, 0.1) is 11.6 Å². The molecular weight excluding hydrogens is 366 g/mol. The van der Waals surface area contributed by atoms with Gasteiger partial charge in [-0.2, -0.15) is 0 Å². The van der Waals surface area contributed by atoms with Gasteiger partial charge in [-0.3, -0.25) is 14.5 Å². The van der Waals surface area contributed by atoms with Crippen LogP contribution in [0.1, 0.15) is 22.7 Å². The molecule has 1 atom stereocenters. The van der Waals surface area contributed by atoms with Gasteiger partial charge < -0.3 is 10.2 Å². The largest absolute Gasteiger partial charge is 0.508 e. The number of hydrogen-bond donors (Lipinski definition) is 2. The normalized spacial score (nSPS) is 18.2. The number of aromatic hydroxyl groups is 1. The number of aryl methyl sites for hydroxylation is 1. The molecule has 4 rings (SSSR count). The summed E-state index contributed by atoms with van der Waals surface area (Å²) in [6.07, 6.45) is 0. The Hall–Kier alpha value is -3.86. The Balaban J connectivity index is 1.94. The van der Waals surface area contributed by atoms with Gasteiger partial charge >= 0.3 is 0 Å². The van der Waals surface area contributed by atoms with Gasteiger partial charge in [0.15, 0.2) is 0 Å². The van der Waals surface area contributed by atoms with Crippen LogP contribution in [0.5, 0.6) is 5.75 Å². The molecule has 1 aliphatic heterocycles. The predicted octanol–water partition coefficient (Wildman–Crippen LogP) is 4.33. The molecule has 0 radical (unpaired) electrons. The van der Waals surface area contributed by atoms with Gasteiger partial charge in [0.25, 0.3) is 11.7 Å². The molecule has 0 spiro atoms. The zero-order chi connectivity index (χ0) is 20.5. The number of aliphatic hydroxyl groups excluding tert-OH is 1. The number of rotatable bonds is 3. The van der Waals surface area contributed by atoms with E-state index >= 15 is 0 Å². The standard InChI is InChI=1S/C24H19NO4/c1-15-7-9-16(10-8-15)21-20(22(27)17-5-3-2-4-6-17)23(28)24(29)25(21)18-11-13-19(26)14-12-18/h2-14,21,26-27H,1H3/b22-20+/t21-/m1/s1. The summed E-state index contributed by atoms with van der Waals surface area (Å²) in [5, 5.41) is 20.5. The summed E-state index contributed by atoms with van der Waals surface area (Å²) in [5.41, 5.74) is 2.72. The Morgan fingerprint density at radius 1 is 0.862 bits per heavy atom. The average Bonchev–Trinajstić information content (AvgIpc) is 3.00. The first kappa shape index (κ1) is 18.5. The highest BCUT2D eigenvalue weighted by Crippen LogP contribution is 2.42. The lowest BCUT2D eigenvalue weighted by Crippen LogP contribution is -2.29. The van der Waals surface area contributed by atoms with Crippen LogP contribution in [0, 0.1) is 6.92 Å². The van der Waals surface area contributed by atoms with Crippen LogP contribution in [0.4, 0.5) is 5.69 Å². The van der Waals surface area contributed by atoms with Gasteiger partial charge in [-0.05, 0) is 36.8 Å². The van der Waals surface area contributed by atoms with Gasteiger partial charge in [0.2, 0.25) is 0 Å². The number of hydrogen-bond acceptors (Lipinski definition) is 4. The Morgan fingerprint density at radius 3 is 2.10 bits per heavy atom. The molecule has 0 aliphatic carbocycles. The van der Waals surface area contributed by atoms with E-state index in [1.807, 2.05) is 37.3 Å². The molecule has 1 heterocycles. The molecule has 29 heavy (non-hydrogen) atoms. The summed E-state index contributed by atoms with van der Waals surface area (Å²) in [7, 11) is 0. The summed E-state index contributed by atoms with van der Waals surface area (Å²) in [6, 6.07) is 21.5. The first-order valence-electron chi connectivity index (χ1n) is 9.19. The maximum Gasteiger partial charge on any atom is 0.300 e. The fraction of sp³-hybridized carbons (Fsp3) is 0.0833. The number of aliphatic hydroxyl groups is 1. The number of Topliss-reactive ketones (excluding diaryl/α,β-unsaturated/α-hetero) is 1. The monoisotopic (exact) mass is 385 g/mol. The number of nitrogens with zero attached hydrogens (tertiary/aromatic N) is 1. The van der Waals surface area contributed by atoms with Crippen molar-refractivity contribution in [2.45, 2.75) is 13.0 Å². The van der Waals surface area contributed by atoms with Crippen molar-refractivity contribution < 1.29 is 19.8 Å². The van der Waals surface area contributed by atoms with Crippen molar-refractivity contribution in [1.82, 2.24) is 0 Å². The highest BCUT2D eigenvalue weighted by molar-refractivity contribution is 6.51. The first-order chi connectivity index (χ1) is 14.0. The lowest BCUT2D eigenvalue weighted by molar-refractivity contribution is -0.132. The van der Waals surface area contributed by atoms with Crippen molar-refractivity contribution in [1.29, 1.82) is 0 Å². The second-order valence-corrected chi connectivity index (χ2v) is 6.96. The minimum atomic E-state index is -0.777. The Labute approximate surface area is 168 Å². The topological polar surface area (TPSA) is 77.8 Å². The second-order valence-electron chi connectivity index (χ2n) is 6.96. The maximum absolute atomic E-state index is 13.0. The molecule has 1 fully saturated rings. The minimum Gasteiger partial charge on any atom is -0.508 e. The quantitative estimate of drug-likeness (QED) is 0.400. The lowest BCUT2D eigenvalue weighted by atomic mass is 9.94. The van der Waals surface area contributed by atoms with Crippen LogP contribution in [0.15, 0.2) is 84.4 Å². The summed E-state index contributed by atoms with van der Waals surface area (Å²) < 4.78 is 0. The molecular formula is C24H19NO4. The maximum atomic E-state index is 13.0. The second kappa shape index (κ2) is 7.28. The summed E-state index contributed by atoms with van der Waals surface area (Å²) in [6.45, 7) is 1.95.